The van der Waals surface area contributed by atoms with Crippen molar-refractivity contribution >= 4 is 0 Å². The van der Waals surface area contributed by atoms with E-state index in [4.69, 9.17) is 0 Å². The smallest absolute Gasteiger partial charge is 0.0244 e. The largest absolute Gasteiger partial charge is 0.0651 e. The third-order valence-electron chi connectivity index (χ3n) is 3.41. The van der Waals surface area contributed by atoms with Crippen molar-refractivity contribution in [2.24, 2.45) is 17.8 Å². The highest BCUT2D eigenvalue weighted by Crippen LogP contribution is 2.27. The molecule has 0 aliphatic carbocycles. The van der Waals surface area contributed by atoms with Gasteiger partial charge in [0.05, 0.1) is 0 Å². The van der Waals surface area contributed by atoms with Gasteiger partial charge in [0.15, 0.2) is 0 Å². The van der Waals surface area contributed by atoms with E-state index in [2.05, 4.69) is 41.5 Å². The first-order valence-corrected chi connectivity index (χ1v) is 6.29. The molecule has 1 radical (unpaired) electrons. The molecule has 0 aliphatic heterocycles. The average Bonchev–Trinajstić information content (AvgIpc) is 2.13. The highest BCUT2D eigenvalue weighted by atomic mass is 14.2. The van der Waals surface area contributed by atoms with Crippen LogP contribution in [0.2, 0.25) is 0 Å². The van der Waals surface area contributed by atoms with Gasteiger partial charge in [0.2, 0.25) is 0 Å². The second kappa shape index (κ2) is 7.31. The Morgan fingerprint density at radius 1 is 1.07 bits per heavy atom. The lowest BCUT2D eigenvalue weighted by molar-refractivity contribution is 0.393. The number of hydrogen-bond acceptors (Lipinski definition) is 0. The highest BCUT2D eigenvalue weighted by Gasteiger charge is 2.15. The van der Waals surface area contributed by atoms with Crippen molar-refractivity contribution in [3.8, 4) is 0 Å². The molecule has 0 spiro atoms. The monoisotopic (exact) mass is 197 g/mol. The molecule has 0 aliphatic rings. The van der Waals surface area contributed by atoms with Crippen LogP contribution in [-0.4, -0.2) is 0 Å². The van der Waals surface area contributed by atoms with Crippen molar-refractivity contribution in [3.63, 3.8) is 0 Å². The first-order valence-electron chi connectivity index (χ1n) is 6.29. The molecule has 0 aromatic carbocycles. The van der Waals surface area contributed by atoms with Crippen LogP contribution in [0.5, 0.6) is 0 Å². The van der Waals surface area contributed by atoms with Gasteiger partial charge in [0.25, 0.3) is 0 Å². The lowest BCUT2D eigenvalue weighted by Crippen LogP contribution is -2.10. The molecule has 0 aromatic rings. The minimum atomic E-state index is 0.823. The van der Waals surface area contributed by atoms with E-state index in [1.807, 2.05) is 0 Å². The molecular weight excluding hydrogens is 168 g/mol. The van der Waals surface area contributed by atoms with Crippen LogP contribution in [0.3, 0.4) is 0 Å². The second-order valence-corrected chi connectivity index (χ2v) is 5.43. The molecule has 0 saturated heterocycles. The van der Waals surface area contributed by atoms with E-state index >= 15 is 0 Å². The van der Waals surface area contributed by atoms with E-state index in [0.29, 0.717) is 0 Å². The van der Waals surface area contributed by atoms with Crippen LogP contribution in [0.15, 0.2) is 0 Å². The van der Waals surface area contributed by atoms with Gasteiger partial charge in [-0.05, 0) is 36.5 Å². The standard InChI is InChI=1S/C14H29/c1-7-12(4)10-14(6)13(5)9-8-11(2)3/h11-12,14H,7-10H2,1-6H3. The van der Waals surface area contributed by atoms with Gasteiger partial charge in [-0.2, -0.15) is 0 Å². The summed E-state index contributed by atoms with van der Waals surface area (Å²) in [5.41, 5.74) is 0. The van der Waals surface area contributed by atoms with Crippen molar-refractivity contribution in [2.45, 2.75) is 67.2 Å². The molecule has 0 N–H and O–H groups in total. The minimum absolute atomic E-state index is 0.823. The molecule has 0 nitrogen and oxygen atoms in total. The van der Waals surface area contributed by atoms with E-state index in [1.54, 1.807) is 5.92 Å². The maximum absolute atomic E-state index is 2.39. The molecule has 0 heterocycles. The van der Waals surface area contributed by atoms with Crippen molar-refractivity contribution < 1.29 is 0 Å². The molecular formula is C14H29. The average molecular weight is 197 g/mol. The molecule has 2 atom stereocenters. The van der Waals surface area contributed by atoms with Crippen LogP contribution in [0.4, 0.5) is 0 Å². The molecule has 0 saturated carbocycles. The highest BCUT2D eigenvalue weighted by molar-refractivity contribution is 4.90. The number of rotatable bonds is 7. The summed E-state index contributed by atoms with van der Waals surface area (Å²) in [4.78, 5) is 0. The van der Waals surface area contributed by atoms with Gasteiger partial charge in [0, 0.05) is 0 Å². The molecule has 14 heavy (non-hydrogen) atoms. The summed E-state index contributed by atoms with van der Waals surface area (Å²) in [6.45, 7) is 14.0. The van der Waals surface area contributed by atoms with Gasteiger partial charge in [-0.3, -0.25) is 0 Å². The van der Waals surface area contributed by atoms with Gasteiger partial charge < -0.3 is 0 Å². The van der Waals surface area contributed by atoms with Crippen molar-refractivity contribution in [2.75, 3.05) is 0 Å². The zero-order valence-corrected chi connectivity index (χ0v) is 11.1. The van der Waals surface area contributed by atoms with E-state index < -0.39 is 0 Å². The van der Waals surface area contributed by atoms with E-state index in [1.165, 1.54) is 25.7 Å². The zero-order chi connectivity index (χ0) is 11.1. The molecule has 0 heteroatoms. The lowest BCUT2D eigenvalue weighted by Gasteiger charge is -2.22. The zero-order valence-electron chi connectivity index (χ0n) is 11.1. The molecule has 2 unspecified atom stereocenters. The maximum atomic E-state index is 2.39. The summed E-state index contributed by atoms with van der Waals surface area (Å²) < 4.78 is 0. The summed E-state index contributed by atoms with van der Waals surface area (Å²) in [6.07, 6.45) is 5.38. The van der Waals surface area contributed by atoms with Crippen molar-refractivity contribution in [1.29, 1.82) is 0 Å². The van der Waals surface area contributed by atoms with Crippen LogP contribution in [0.25, 0.3) is 0 Å². The molecule has 0 bridgehead atoms. The molecule has 0 aromatic heterocycles. The quantitative estimate of drug-likeness (QED) is 0.533. The van der Waals surface area contributed by atoms with Gasteiger partial charge >= 0.3 is 0 Å². The molecule has 0 fully saturated rings. The van der Waals surface area contributed by atoms with E-state index in [-0.39, 0.29) is 0 Å². The Kier molecular flexibility index (Phi) is 7.31. The third-order valence-corrected chi connectivity index (χ3v) is 3.41. The van der Waals surface area contributed by atoms with Gasteiger partial charge in [-0.15, -0.1) is 0 Å². The Balaban J connectivity index is 3.69. The van der Waals surface area contributed by atoms with Gasteiger partial charge in [-0.1, -0.05) is 54.4 Å². The third kappa shape index (κ3) is 6.45. The summed E-state index contributed by atoms with van der Waals surface area (Å²) in [5.74, 6) is 4.27. The molecule has 85 valence electrons. The van der Waals surface area contributed by atoms with Crippen LogP contribution >= 0.6 is 0 Å². The minimum Gasteiger partial charge on any atom is -0.0651 e. The summed E-state index contributed by atoms with van der Waals surface area (Å²) in [7, 11) is 0. The summed E-state index contributed by atoms with van der Waals surface area (Å²) in [5, 5.41) is 0. The second-order valence-electron chi connectivity index (χ2n) is 5.43. The lowest BCUT2D eigenvalue weighted by atomic mass is 9.83. The van der Waals surface area contributed by atoms with E-state index in [0.717, 1.165) is 17.8 Å². The van der Waals surface area contributed by atoms with Crippen molar-refractivity contribution in [3.05, 3.63) is 5.92 Å². The predicted molar refractivity (Wildman–Crippen MR) is 66.2 cm³/mol. The Morgan fingerprint density at radius 2 is 1.64 bits per heavy atom. The van der Waals surface area contributed by atoms with Gasteiger partial charge in [0.1, 0.15) is 0 Å². The maximum Gasteiger partial charge on any atom is -0.0244 e. The topological polar surface area (TPSA) is 0 Å². The normalized spacial score (nSPS) is 16.3. The first-order chi connectivity index (χ1) is 6.47. The van der Waals surface area contributed by atoms with Crippen LogP contribution < -0.4 is 0 Å². The van der Waals surface area contributed by atoms with Crippen molar-refractivity contribution in [1.82, 2.24) is 0 Å². The van der Waals surface area contributed by atoms with Crippen LogP contribution in [-0.2, 0) is 0 Å². The summed E-state index contributed by atoms with van der Waals surface area (Å²) >= 11 is 0. The number of hydrogen-bond donors (Lipinski definition) is 0. The van der Waals surface area contributed by atoms with Gasteiger partial charge in [-0.25, -0.2) is 0 Å². The van der Waals surface area contributed by atoms with Crippen LogP contribution in [0, 0.1) is 23.7 Å². The Bertz CT molecular complexity index is 126. The summed E-state index contributed by atoms with van der Waals surface area (Å²) in [6, 6.07) is 0. The van der Waals surface area contributed by atoms with E-state index in [9.17, 15) is 0 Å². The Labute approximate surface area is 91.5 Å². The first kappa shape index (κ1) is 14.0. The fourth-order valence-electron chi connectivity index (χ4n) is 1.73. The van der Waals surface area contributed by atoms with Crippen LogP contribution in [0.1, 0.15) is 67.2 Å². The Hall–Kier alpha value is 0. The molecule has 0 rings (SSSR count). The fourth-order valence-corrected chi connectivity index (χ4v) is 1.73. The predicted octanol–water partition coefficient (Wildman–Crippen LogP) is 5.09. The molecule has 0 amide bonds. The fraction of sp³-hybridized carbons (Fsp3) is 0.929. The Morgan fingerprint density at radius 3 is 2.07 bits per heavy atom. The SMILES string of the molecule is CCC(C)CC(C)[C](C)CCC(C)C.